The van der Waals surface area contributed by atoms with Crippen LogP contribution in [0.1, 0.15) is 23.7 Å². The van der Waals surface area contributed by atoms with Crippen LogP contribution in [0.5, 0.6) is 5.75 Å². The van der Waals surface area contributed by atoms with Gasteiger partial charge in [-0.25, -0.2) is 4.39 Å². The number of amides is 2. The molecule has 1 aliphatic rings. The maximum atomic E-state index is 13.8. The molecule has 1 aliphatic heterocycles. The molecule has 0 saturated heterocycles. The monoisotopic (exact) mass is 328 g/mol. The number of carbonyl (C=O) groups is 2. The van der Waals surface area contributed by atoms with E-state index in [9.17, 15) is 19.1 Å². The summed E-state index contributed by atoms with van der Waals surface area (Å²) in [5, 5.41) is 9.38. The molecule has 0 saturated carbocycles. The predicted molar refractivity (Wildman–Crippen MR) is 88.8 cm³/mol. The van der Waals surface area contributed by atoms with Crippen LogP contribution >= 0.6 is 0 Å². The van der Waals surface area contributed by atoms with Gasteiger partial charge in [0.1, 0.15) is 17.6 Å². The molecule has 5 nitrogen and oxygen atoms in total. The fourth-order valence-electron chi connectivity index (χ4n) is 2.94. The zero-order valence-electron chi connectivity index (χ0n) is 13.4. The normalized spacial score (nSPS) is 17.0. The number of likely N-dealkylation sites (N-methyl/N-ethyl adjacent to an activating group) is 1. The van der Waals surface area contributed by atoms with Gasteiger partial charge in [0, 0.05) is 12.6 Å². The number of hydrogen-bond acceptors (Lipinski definition) is 3. The summed E-state index contributed by atoms with van der Waals surface area (Å²) in [6, 6.07) is 9.07. The van der Waals surface area contributed by atoms with Crippen LogP contribution in [0.2, 0.25) is 0 Å². The molecule has 0 aliphatic carbocycles. The van der Waals surface area contributed by atoms with Crippen molar-refractivity contribution in [2.24, 2.45) is 0 Å². The average molecular weight is 328 g/mol. The summed E-state index contributed by atoms with van der Waals surface area (Å²) >= 11 is 0. The molecule has 3 rings (SSSR count). The molecule has 6 heteroatoms. The van der Waals surface area contributed by atoms with Crippen molar-refractivity contribution in [2.75, 3.05) is 16.8 Å². The van der Waals surface area contributed by atoms with Crippen LogP contribution in [-0.4, -0.2) is 30.0 Å². The fourth-order valence-corrected chi connectivity index (χ4v) is 2.94. The Morgan fingerprint density at radius 1 is 1.17 bits per heavy atom. The van der Waals surface area contributed by atoms with E-state index in [1.54, 1.807) is 14.0 Å². The summed E-state index contributed by atoms with van der Waals surface area (Å²) in [6.45, 7) is 1.80. The number of phenolic OH excluding ortho intramolecular Hbond substituents is 1. The minimum Gasteiger partial charge on any atom is -0.508 e. The quantitative estimate of drug-likeness (QED) is 0.922. The fraction of sp³-hybridized carbons (Fsp3) is 0.222. The van der Waals surface area contributed by atoms with Gasteiger partial charge in [-0.2, -0.15) is 0 Å². The molecule has 1 N–H and O–H groups in total. The van der Waals surface area contributed by atoms with Crippen LogP contribution < -0.4 is 9.80 Å². The molecular weight excluding hydrogens is 311 g/mol. The van der Waals surface area contributed by atoms with Gasteiger partial charge >= 0.3 is 0 Å². The van der Waals surface area contributed by atoms with Crippen LogP contribution in [0.3, 0.4) is 0 Å². The van der Waals surface area contributed by atoms with Crippen LogP contribution in [0.15, 0.2) is 42.5 Å². The molecule has 2 aromatic carbocycles. The molecule has 0 unspecified atom stereocenters. The number of hydrogen-bond donors (Lipinski definition) is 1. The molecule has 0 aromatic heterocycles. The highest BCUT2D eigenvalue weighted by Gasteiger charge is 2.39. The summed E-state index contributed by atoms with van der Waals surface area (Å²) in [6.07, 6.45) is 0.406. The lowest BCUT2D eigenvalue weighted by atomic mass is 10.0. The zero-order chi connectivity index (χ0) is 17.4. The number of fused-ring (bicyclic) bond motifs is 1. The Morgan fingerprint density at radius 3 is 2.46 bits per heavy atom. The largest absolute Gasteiger partial charge is 0.508 e. The van der Waals surface area contributed by atoms with Crippen molar-refractivity contribution in [3.05, 3.63) is 53.8 Å². The van der Waals surface area contributed by atoms with Crippen molar-refractivity contribution in [1.29, 1.82) is 0 Å². The van der Waals surface area contributed by atoms with Crippen molar-refractivity contribution >= 4 is 23.2 Å². The number of aromatic hydroxyl groups is 1. The molecule has 24 heavy (non-hydrogen) atoms. The van der Waals surface area contributed by atoms with Crippen LogP contribution in [0.25, 0.3) is 0 Å². The number of nitrogens with zero attached hydrogens (tertiary/aromatic N) is 2. The Kier molecular flexibility index (Phi) is 3.97. The SMILES string of the molecule is CC[C@@H]1C(=O)N(C)c2ccc(F)cc2N1C(=O)c1ccc(O)cc1. The van der Waals surface area contributed by atoms with Gasteiger partial charge in [-0.05, 0) is 48.9 Å². The number of rotatable bonds is 2. The Balaban J connectivity index is 2.14. The molecular formula is C18H17FN2O3. The minimum absolute atomic E-state index is 0.0412. The van der Waals surface area contributed by atoms with E-state index in [0.717, 1.165) is 0 Å². The van der Waals surface area contributed by atoms with E-state index in [-0.39, 0.29) is 11.7 Å². The Bertz CT molecular complexity index is 804. The third-order valence-electron chi connectivity index (χ3n) is 4.21. The Hall–Kier alpha value is -2.89. The minimum atomic E-state index is -0.703. The van der Waals surface area contributed by atoms with E-state index >= 15 is 0 Å². The molecule has 1 heterocycles. The van der Waals surface area contributed by atoms with Gasteiger partial charge < -0.3 is 10.0 Å². The van der Waals surface area contributed by atoms with E-state index < -0.39 is 17.8 Å². The first-order valence-corrected chi connectivity index (χ1v) is 7.63. The van der Waals surface area contributed by atoms with E-state index in [1.165, 1.54) is 52.3 Å². The van der Waals surface area contributed by atoms with Crippen molar-refractivity contribution in [2.45, 2.75) is 19.4 Å². The Morgan fingerprint density at radius 2 is 1.83 bits per heavy atom. The number of benzene rings is 2. The molecule has 0 bridgehead atoms. The number of halogens is 1. The highest BCUT2D eigenvalue weighted by molar-refractivity contribution is 6.17. The summed E-state index contributed by atoms with van der Waals surface area (Å²) < 4.78 is 13.8. The van der Waals surface area contributed by atoms with Gasteiger partial charge in [0.05, 0.1) is 11.4 Å². The second kappa shape index (κ2) is 5.96. The Labute approximate surface area is 138 Å². The molecule has 124 valence electrons. The standard InChI is InChI=1S/C18H17FN2O3/c1-3-14-18(24)20(2)15-9-6-12(19)10-16(15)21(14)17(23)11-4-7-13(22)8-5-11/h4-10,14,22H,3H2,1-2H3/t14-/m1/s1. The lowest BCUT2D eigenvalue weighted by Crippen LogP contribution is -2.54. The first-order valence-electron chi connectivity index (χ1n) is 7.63. The van der Waals surface area contributed by atoms with Crippen molar-refractivity contribution in [3.63, 3.8) is 0 Å². The van der Waals surface area contributed by atoms with E-state index in [1.807, 2.05) is 0 Å². The first-order chi connectivity index (χ1) is 11.4. The smallest absolute Gasteiger partial charge is 0.259 e. The molecule has 0 spiro atoms. The van der Waals surface area contributed by atoms with Crippen molar-refractivity contribution in [1.82, 2.24) is 0 Å². The highest BCUT2D eigenvalue weighted by atomic mass is 19.1. The summed E-state index contributed by atoms with van der Waals surface area (Å²) in [4.78, 5) is 28.3. The first kappa shape index (κ1) is 16.0. The zero-order valence-corrected chi connectivity index (χ0v) is 13.4. The average Bonchev–Trinajstić information content (AvgIpc) is 2.57. The lowest BCUT2D eigenvalue weighted by molar-refractivity contribution is -0.119. The molecule has 2 amide bonds. The van der Waals surface area contributed by atoms with Gasteiger partial charge in [0.25, 0.3) is 5.91 Å². The van der Waals surface area contributed by atoms with Crippen LogP contribution in [0, 0.1) is 5.82 Å². The number of anilines is 2. The maximum absolute atomic E-state index is 13.8. The van der Waals surface area contributed by atoms with E-state index in [4.69, 9.17) is 0 Å². The number of phenols is 1. The van der Waals surface area contributed by atoms with Crippen molar-refractivity contribution in [3.8, 4) is 5.75 Å². The summed E-state index contributed by atoms with van der Waals surface area (Å²) in [5.41, 5.74) is 1.17. The van der Waals surface area contributed by atoms with Gasteiger partial charge in [-0.3, -0.25) is 14.5 Å². The topological polar surface area (TPSA) is 60.9 Å². The summed E-state index contributed by atoms with van der Waals surface area (Å²) in [7, 11) is 1.62. The second-order valence-corrected chi connectivity index (χ2v) is 5.68. The highest BCUT2D eigenvalue weighted by Crippen LogP contribution is 2.37. The molecule has 0 radical (unpaired) electrons. The number of carbonyl (C=O) groups excluding carboxylic acids is 2. The van der Waals surface area contributed by atoms with Crippen LogP contribution in [-0.2, 0) is 4.79 Å². The third kappa shape index (κ3) is 2.50. The van der Waals surface area contributed by atoms with Crippen molar-refractivity contribution < 1.29 is 19.1 Å². The van der Waals surface area contributed by atoms with E-state index in [2.05, 4.69) is 0 Å². The molecule has 0 fully saturated rings. The third-order valence-corrected chi connectivity index (χ3v) is 4.21. The summed E-state index contributed by atoms with van der Waals surface area (Å²) in [5.74, 6) is -1.06. The predicted octanol–water partition coefficient (Wildman–Crippen LogP) is 2.93. The van der Waals surface area contributed by atoms with Gasteiger partial charge in [0.15, 0.2) is 0 Å². The maximum Gasteiger partial charge on any atom is 0.259 e. The second-order valence-electron chi connectivity index (χ2n) is 5.68. The lowest BCUT2D eigenvalue weighted by Gasteiger charge is -2.40. The molecule has 1 atom stereocenters. The van der Waals surface area contributed by atoms with E-state index in [0.29, 0.717) is 23.4 Å². The molecule has 2 aromatic rings. The van der Waals surface area contributed by atoms with Gasteiger partial charge in [-0.15, -0.1) is 0 Å². The van der Waals surface area contributed by atoms with Gasteiger partial charge in [0.2, 0.25) is 5.91 Å². The van der Waals surface area contributed by atoms with Crippen LogP contribution in [0.4, 0.5) is 15.8 Å². The van der Waals surface area contributed by atoms with Gasteiger partial charge in [-0.1, -0.05) is 6.92 Å².